The monoisotopic (exact) mass is 268 g/mol. The van der Waals surface area contributed by atoms with Crippen LogP contribution < -0.4 is 0 Å². The van der Waals surface area contributed by atoms with Crippen molar-refractivity contribution in [3.63, 3.8) is 0 Å². The standard InChI is InChI=1S/C10H6N2O.CCl2O/c13-7-12-10-3-1-2-8-6-11-5-4-9(8)10;2-1(3)4/h1-6H;. The lowest BCUT2D eigenvalue weighted by Crippen LogP contribution is -1.74. The van der Waals surface area contributed by atoms with Crippen molar-refractivity contribution in [3.05, 3.63) is 36.7 Å². The highest BCUT2D eigenvalue weighted by Gasteiger charge is 1.97. The predicted octanol–water partition coefficient (Wildman–Crippen LogP) is 3.79. The molecule has 0 aliphatic heterocycles. The van der Waals surface area contributed by atoms with E-state index in [0.717, 1.165) is 10.8 Å². The Morgan fingerprint density at radius 3 is 2.65 bits per heavy atom. The Labute approximate surface area is 107 Å². The third-order valence-corrected chi connectivity index (χ3v) is 1.82. The molecule has 2 aromatic rings. The number of aliphatic imine (C=N–C) groups is 1. The van der Waals surface area contributed by atoms with Crippen LogP contribution >= 0.6 is 23.2 Å². The highest BCUT2D eigenvalue weighted by Crippen LogP contribution is 2.23. The zero-order valence-corrected chi connectivity index (χ0v) is 9.94. The predicted molar refractivity (Wildman–Crippen MR) is 66.6 cm³/mol. The first-order chi connectivity index (χ1) is 8.15. The van der Waals surface area contributed by atoms with Crippen molar-refractivity contribution < 1.29 is 9.59 Å². The van der Waals surface area contributed by atoms with Crippen LogP contribution in [0.15, 0.2) is 41.7 Å². The Morgan fingerprint density at radius 2 is 2.00 bits per heavy atom. The molecule has 0 radical (unpaired) electrons. The molecule has 17 heavy (non-hydrogen) atoms. The van der Waals surface area contributed by atoms with Crippen molar-refractivity contribution >= 4 is 50.4 Å². The van der Waals surface area contributed by atoms with Gasteiger partial charge in [0.2, 0.25) is 6.08 Å². The van der Waals surface area contributed by atoms with Gasteiger partial charge >= 0.3 is 4.70 Å². The molecule has 0 aliphatic rings. The number of pyridine rings is 1. The van der Waals surface area contributed by atoms with E-state index in [-0.39, 0.29) is 0 Å². The third kappa shape index (κ3) is 4.33. The van der Waals surface area contributed by atoms with Crippen molar-refractivity contribution in [1.29, 1.82) is 0 Å². The molecule has 4 nitrogen and oxygen atoms in total. The molecule has 0 unspecified atom stereocenters. The summed E-state index contributed by atoms with van der Waals surface area (Å²) in [5.74, 6) is 0. The van der Waals surface area contributed by atoms with Gasteiger partial charge < -0.3 is 0 Å². The molecule has 0 saturated carbocycles. The maximum Gasteiger partial charge on any atom is 0.313 e. The minimum Gasteiger partial charge on any atom is -0.264 e. The van der Waals surface area contributed by atoms with Crippen LogP contribution in [-0.4, -0.2) is 15.8 Å². The number of rotatable bonds is 1. The second-order valence-electron chi connectivity index (χ2n) is 2.80. The fourth-order valence-corrected chi connectivity index (χ4v) is 1.25. The molecule has 2 rings (SSSR count). The smallest absolute Gasteiger partial charge is 0.264 e. The normalized spacial score (nSPS) is 8.82. The summed E-state index contributed by atoms with van der Waals surface area (Å²) >= 11 is 8.80. The van der Waals surface area contributed by atoms with Gasteiger partial charge in [-0.05, 0) is 35.3 Å². The van der Waals surface area contributed by atoms with E-state index >= 15 is 0 Å². The number of halogens is 2. The molecule has 0 atom stereocenters. The van der Waals surface area contributed by atoms with E-state index < -0.39 is 4.70 Å². The maximum atomic E-state index is 10.1. The first kappa shape index (κ1) is 13.3. The second-order valence-corrected chi connectivity index (χ2v) is 3.68. The van der Waals surface area contributed by atoms with Crippen LogP contribution in [0.3, 0.4) is 0 Å². The average Bonchev–Trinajstić information content (AvgIpc) is 2.29. The summed E-state index contributed by atoms with van der Waals surface area (Å²) < 4.78 is -0.889. The van der Waals surface area contributed by atoms with Gasteiger partial charge in [-0.25, -0.2) is 4.79 Å². The number of benzene rings is 1. The number of hydrogen-bond donors (Lipinski definition) is 0. The van der Waals surface area contributed by atoms with Crippen molar-refractivity contribution in [2.24, 2.45) is 4.99 Å². The van der Waals surface area contributed by atoms with Gasteiger partial charge in [-0.3, -0.25) is 9.78 Å². The van der Waals surface area contributed by atoms with Crippen LogP contribution in [0.4, 0.5) is 10.5 Å². The molecule has 0 fully saturated rings. The Bertz CT molecular complexity index is 571. The van der Waals surface area contributed by atoms with Crippen LogP contribution in [0.2, 0.25) is 0 Å². The molecule has 0 aliphatic carbocycles. The molecule has 1 heterocycles. The molecule has 0 amide bonds. The summed E-state index contributed by atoms with van der Waals surface area (Å²) in [7, 11) is 0. The van der Waals surface area contributed by atoms with Gasteiger partial charge in [-0.1, -0.05) is 12.1 Å². The van der Waals surface area contributed by atoms with E-state index in [4.69, 9.17) is 4.79 Å². The highest BCUT2D eigenvalue weighted by molar-refractivity contribution is 6.93. The van der Waals surface area contributed by atoms with Gasteiger partial charge in [0.1, 0.15) is 0 Å². The number of hydrogen-bond acceptors (Lipinski definition) is 4. The fraction of sp³-hybridized carbons (Fsp3) is 0. The van der Waals surface area contributed by atoms with Crippen molar-refractivity contribution in [1.82, 2.24) is 4.98 Å². The van der Waals surface area contributed by atoms with Crippen LogP contribution in [-0.2, 0) is 4.79 Å². The molecular weight excluding hydrogens is 263 g/mol. The largest absolute Gasteiger partial charge is 0.313 e. The number of fused-ring (bicyclic) bond motifs is 1. The number of carbonyl (C=O) groups is 1. The molecule has 6 heteroatoms. The molecule has 86 valence electrons. The van der Waals surface area contributed by atoms with Crippen molar-refractivity contribution in [2.75, 3.05) is 0 Å². The number of isocyanates is 1. The SMILES string of the molecule is O=C(Cl)Cl.O=C=Nc1cccc2cnccc12. The van der Waals surface area contributed by atoms with Gasteiger partial charge in [0.25, 0.3) is 0 Å². The lowest BCUT2D eigenvalue weighted by Gasteiger charge is -1.97. The van der Waals surface area contributed by atoms with Gasteiger partial charge in [0, 0.05) is 23.2 Å². The summed E-state index contributed by atoms with van der Waals surface area (Å²) in [5, 5.41) is 1.89. The molecule has 1 aromatic carbocycles. The van der Waals surface area contributed by atoms with Gasteiger partial charge in [0.05, 0.1) is 5.69 Å². The summed E-state index contributed by atoms with van der Waals surface area (Å²) in [6.45, 7) is 0. The van der Waals surface area contributed by atoms with Gasteiger partial charge in [-0.15, -0.1) is 0 Å². The highest BCUT2D eigenvalue weighted by atomic mass is 35.5. The quantitative estimate of drug-likeness (QED) is 0.449. The summed E-state index contributed by atoms with van der Waals surface area (Å²) in [6.07, 6.45) is 4.94. The summed E-state index contributed by atoms with van der Waals surface area (Å²) in [4.78, 5) is 26.7. The number of carbonyl (C=O) groups excluding carboxylic acids is 2. The average molecular weight is 269 g/mol. The second kappa shape index (κ2) is 6.76. The van der Waals surface area contributed by atoms with Crippen LogP contribution in [0, 0.1) is 0 Å². The van der Waals surface area contributed by atoms with Crippen LogP contribution in [0.1, 0.15) is 0 Å². The third-order valence-electron chi connectivity index (χ3n) is 1.82. The van der Waals surface area contributed by atoms with Crippen LogP contribution in [0.25, 0.3) is 10.8 Å². The Morgan fingerprint density at radius 1 is 1.29 bits per heavy atom. The lowest BCUT2D eigenvalue weighted by molar-refractivity contribution is 0.275. The van der Waals surface area contributed by atoms with E-state index in [0.29, 0.717) is 5.69 Å². The maximum absolute atomic E-state index is 10.1. The first-order valence-corrected chi connectivity index (χ1v) is 5.16. The molecule has 0 bridgehead atoms. The molecule has 0 saturated heterocycles. The lowest BCUT2D eigenvalue weighted by atomic mass is 10.1. The van der Waals surface area contributed by atoms with E-state index in [1.807, 2.05) is 18.2 Å². The van der Waals surface area contributed by atoms with Gasteiger partial charge in [0.15, 0.2) is 0 Å². The molecule has 0 spiro atoms. The fourth-order valence-electron chi connectivity index (χ4n) is 1.25. The molecule has 1 aromatic heterocycles. The van der Waals surface area contributed by atoms with E-state index in [2.05, 4.69) is 33.2 Å². The zero-order chi connectivity index (χ0) is 12.7. The van der Waals surface area contributed by atoms with Crippen molar-refractivity contribution in [3.8, 4) is 0 Å². The summed E-state index contributed by atoms with van der Waals surface area (Å²) in [5.41, 5.74) is 0.634. The van der Waals surface area contributed by atoms with E-state index in [9.17, 15) is 4.79 Å². The molecular formula is C11H6Cl2N2O2. The minimum atomic E-state index is -0.889. The minimum absolute atomic E-state index is 0.634. The van der Waals surface area contributed by atoms with E-state index in [1.165, 1.54) is 6.08 Å². The molecule has 0 N–H and O–H groups in total. The van der Waals surface area contributed by atoms with Gasteiger partial charge in [-0.2, -0.15) is 4.99 Å². The zero-order valence-electron chi connectivity index (χ0n) is 8.43. The Kier molecular flexibility index (Phi) is 5.30. The Hall–Kier alpha value is -1.74. The van der Waals surface area contributed by atoms with Crippen molar-refractivity contribution in [2.45, 2.75) is 0 Å². The first-order valence-electron chi connectivity index (χ1n) is 4.40. The van der Waals surface area contributed by atoms with Crippen LogP contribution in [0.5, 0.6) is 0 Å². The summed E-state index contributed by atoms with van der Waals surface area (Å²) in [6, 6.07) is 7.35. The topological polar surface area (TPSA) is 59.4 Å². The number of aromatic nitrogens is 1. The van der Waals surface area contributed by atoms with E-state index in [1.54, 1.807) is 18.5 Å². The Balaban J connectivity index is 0.000000317. The number of nitrogens with zero attached hydrogens (tertiary/aromatic N) is 2.